The summed E-state index contributed by atoms with van der Waals surface area (Å²) in [6.07, 6.45) is 3.01. The first kappa shape index (κ1) is 55.7. The molecule has 16 nitrogen and oxygen atoms in total. The zero-order valence-electron chi connectivity index (χ0n) is 40.6. The van der Waals surface area contributed by atoms with Crippen molar-refractivity contribution in [3.63, 3.8) is 0 Å². The van der Waals surface area contributed by atoms with Crippen molar-refractivity contribution in [2.75, 3.05) is 52.4 Å². The molecule has 8 atom stereocenters. The first-order chi connectivity index (χ1) is 34.8. The summed E-state index contributed by atoms with van der Waals surface area (Å²) < 4.78 is 20.8. The van der Waals surface area contributed by atoms with E-state index in [9.17, 15) is 39.6 Å². The summed E-state index contributed by atoms with van der Waals surface area (Å²) in [5.41, 5.74) is 3.80. The van der Waals surface area contributed by atoms with Gasteiger partial charge in [-0.2, -0.15) is 0 Å². The molecule has 4 amide bonds. The molecule has 4 aliphatic heterocycles. The van der Waals surface area contributed by atoms with Crippen molar-refractivity contribution < 1.29 is 58.6 Å². The third-order valence-electron chi connectivity index (χ3n) is 12.4. The molecule has 72 heavy (non-hydrogen) atoms. The van der Waals surface area contributed by atoms with E-state index in [0.29, 0.717) is 52.4 Å². The molecule has 4 N–H and O–H groups in total. The van der Waals surface area contributed by atoms with E-state index in [2.05, 4.69) is 26.3 Å². The number of aliphatic hydroxyl groups excluding tert-OH is 4. The van der Waals surface area contributed by atoms with Crippen molar-refractivity contribution in [1.82, 2.24) is 19.6 Å². The Hall–Kier alpha value is -7.24. The fourth-order valence-corrected chi connectivity index (χ4v) is 8.01. The lowest BCUT2D eigenvalue weighted by molar-refractivity contribution is 0.0966. The third kappa shape index (κ3) is 17.6. The van der Waals surface area contributed by atoms with Crippen LogP contribution in [0.15, 0.2) is 172 Å². The van der Waals surface area contributed by atoms with Gasteiger partial charge < -0.3 is 59.0 Å². The van der Waals surface area contributed by atoms with Crippen LogP contribution in [0.3, 0.4) is 0 Å². The van der Waals surface area contributed by atoms with Crippen LogP contribution in [0.2, 0.25) is 0 Å². The maximum absolute atomic E-state index is 11.8. The smallest absolute Gasteiger partial charge is 0.410 e. The Kier molecular flexibility index (Phi) is 22.6. The summed E-state index contributed by atoms with van der Waals surface area (Å²) in [5, 5.41) is 38.7. The highest BCUT2D eigenvalue weighted by Gasteiger charge is 2.36. The van der Waals surface area contributed by atoms with Crippen LogP contribution >= 0.6 is 0 Å². The molecule has 0 aromatic heterocycles. The molecule has 4 aromatic rings. The van der Waals surface area contributed by atoms with Gasteiger partial charge in [0.25, 0.3) is 0 Å². The lowest BCUT2D eigenvalue weighted by atomic mass is 10.1. The number of carbonyl (C=O) groups excluding carboxylic acids is 4. The van der Waals surface area contributed by atoms with Gasteiger partial charge in [0, 0.05) is 49.9 Å². The van der Waals surface area contributed by atoms with Gasteiger partial charge in [-0.15, -0.1) is 26.3 Å². The Labute approximate surface area is 422 Å². The van der Waals surface area contributed by atoms with Crippen LogP contribution in [0.5, 0.6) is 0 Å². The van der Waals surface area contributed by atoms with Crippen molar-refractivity contribution >= 4 is 24.4 Å². The summed E-state index contributed by atoms with van der Waals surface area (Å²) >= 11 is 0. The molecule has 4 fully saturated rings. The first-order valence-corrected chi connectivity index (χ1v) is 23.9. The van der Waals surface area contributed by atoms with E-state index in [1.54, 1.807) is 24.3 Å². The molecule has 0 bridgehead atoms. The molecule has 4 heterocycles. The van der Waals surface area contributed by atoms with E-state index in [0.717, 1.165) is 22.3 Å². The van der Waals surface area contributed by atoms with Crippen LogP contribution in [0.25, 0.3) is 0 Å². The van der Waals surface area contributed by atoms with Crippen molar-refractivity contribution in [2.45, 2.75) is 50.8 Å². The predicted octanol–water partition coefficient (Wildman–Crippen LogP) is 7.21. The fraction of sp³-hybridized carbons (Fsp3) is 0.357. The number of likely N-dealkylation sites (tertiary alicyclic amines) is 4. The number of benzene rings is 4. The average Bonchev–Trinajstić information content (AvgIpc) is 4.21. The van der Waals surface area contributed by atoms with Crippen LogP contribution in [-0.4, -0.2) is 141 Å². The Morgan fingerprint density at radius 2 is 0.542 bits per heavy atom. The van der Waals surface area contributed by atoms with Crippen LogP contribution in [0, 0.1) is 23.7 Å². The van der Waals surface area contributed by atoms with Gasteiger partial charge in [0.15, 0.2) is 0 Å². The molecular weight excluding hydrogens is 921 g/mol. The van der Waals surface area contributed by atoms with E-state index >= 15 is 0 Å². The molecule has 8 rings (SSSR count). The maximum atomic E-state index is 11.8. The van der Waals surface area contributed by atoms with Gasteiger partial charge in [-0.05, 0) is 22.3 Å². The Bertz CT molecular complexity index is 2000. The molecule has 4 aliphatic rings. The van der Waals surface area contributed by atoms with E-state index in [-0.39, 0.29) is 74.5 Å². The number of β-amino-alcohol motifs (C(OH)–C–C–N with tert-alkyl or cyclic N) is 4. The first-order valence-electron chi connectivity index (χ1n) is 23.9. The zero-order chi connectivity index (χ0) is 51.8. The number of aliphatic hydroxyl groups is 4. The molecule has 4 aromatic carbocycles. The highest BCUT2D eigenvalue weighted by atomic mass is 16.6. The fourth-order valence-electron chi connectivity index (χ4n) is 8.01. The van der Waals surface area contributed by atoms with Gasteiger partial charge in [-0.1, -0.05) is 146 Å². The Morgan fingerprint density at radius 1 is 0.361 bits per heavy atom. The monoisotopic (exact) mass is 988 g/mol. The second kappa shape index (κ2) is 29.2. The van der Waals surface area contributed by atoms with E-state index in [1.165, 1.54) is 19.6 Å². The normalized spacial score (nSPS) is 22.8. The van der Waals surface area contributed by atoms with Gasteiger partial charge in [-0.3, -0.25) is 0 Å². The number of hydrogen-bond acceptors (Lipinski definition) is 12. The molecule has 0 aliphatic carbocycles. The highest BCUT2D eigenvalue weighted by Crippen LogP contribution is 2.22. The van der Waals surface area contributed by atoms with Gasteiger partial charge in [0.2, 0.25) is 0 Å². The molecular formula is C56H68N4O12. The van der Waals surface area contributed by atoms with Crippen molar-refractivity contribution in [1.29, 1.82) is 0 Å². The topological polar surface area (TPSA) is 199 Å². The summed E-state index contributed by atoms with van der Waals surface area (Å²) in [4.78, 5) is 53.2. The zero-order valence-corrected chi connectivity index (χ0v) is 40.6. The van der Waals surface area contributed by atoms with E-state index < -0.39 is 24.4 Å². The molecule has 4 saturated heterocycles. The molecule has 0 saturated carbocycles. The number of amides is 4. The minimum absolute atomic E-state index is 0.0609. The lowest BCUT2D eigenvalue weighted by Gasteiger charge is -2.15. The molecule has 384 valence electrons. The Morgan fingerprint density at radius 3 is 0.694 bits per heavy atom. The largest absolute Gasteiger partial charge is 0.445 e. The van der Waals surface area contributed by atoms with E-state index in [4.69, 9.17) is 18.9 Å². The van der Waals surface area contributed by atoms with Crippen LogP contribution in [-0.2, 0) is 45.4 Å². The number of ether oxygens (including phenoxy) is 4. The molecule has 0 unspecified atom stereocenters. The minimum atomic E-state index is -0.535. The Balaban J connectivity index is 0.000000178. The van der Waals surface area contributed by atoms with Crippen molar-refractivity contribution in [3.05, 3.63) is 194 Å². The molecule has 0 spiro atoms. The molecule has 0 radical (unpaired) electrons. The quantitative estimate of drug-likeness (QED) is 0.0824. The van der Waals surface area contributed by atoms with Crippen LogP contribution in [0.4, 0.5) is 19.2 Å². The summed E-state index contributed by atoms with van der Waals surface area (Å²) in [6.45, 7) is 18.7. The predicted molar refractivity (Wildman–Crippen MR) is 272 cm³/mol. The van der Waals surface area contributed by atoms with Gasteiger partial charge in [0.1, 0.15) is 26.4 Å². The standard InChI is InChI=1S/4C14H17NO3/c4*1-2-12-8-15(9-13(12)16)14(17)18-10-11-6-4-3-5-7-11/h4*2-7,12-13,16H,1,8-10H2/t4*12-,13-/m1100/s1. The highest BCUT2D eigenvalue weighted by molar-refractivity contribution is 5.69. The maximum Gasteiger partial charge on any atom is 0.410 e. The number of hydrogen-bond donors (Lipinski definition) is 4. The van der Waals surface area contributed by atoms with E-state index in [1.807, 2.05) is 121 Å². The summed E-state index contributed by atoms with van der Waals surface area (Å²) in [6, 6.07) is 38.1. The van der Waals surface area contributed by atoms with Crippen molar-refractivity contribution in [2.24, 2.45) is 23.7 Å². The van der Waals surface area contributed by atoms with Crippen molar-refractivity contribution in [3.8, 4) is 0 Å². The van der Waals surface area contributed by atoms with Crippen LogP contribution < -0.4 is 0 Å². The lowest BCUT2D eigenvalue weighted by Crippen LogP contribution is -2.30. The van der Waals surface area contributed by atoms with Gasteiger partial charge >= 0.3 is 24.4 Å². The number of rotatable bonds is 12. The molecule has 16 heteroatoms. The number of carbonyl (C=O) groups is 4. The number of nitrogens with zero attached hydrogens (tertiary/aromatic N) is 4. The van der Waals surface area contributed by atoms with Crippen LogP contribution in [0.1, 0.15) is 22.3 Å². The van der Waals surface area contributed by atoms with Gasteiger partial charge in [-0.25, -0.2) is 19.2 Å². The second-order valence-corrected chi connectivity index (χ2v) is 17.6. The van der Waals surface area contributed by atoms with Gasteiger partial charge in [0.05, 0.1) is 50.6 Å². The minimum Gasteiger partial charge on any atom is -0.445 e. The third-order valence-corrected chi connectivity index (χ3v) is 12.4. The second-order valence-electron chi connectivity index (χ2n) is 17.6. The summed E-state index contributed by atoms with van der Waals surface area (Å²) in [5.74, 6) is -0.243. The summed E-state index contributed by atoms with van der Waals surface area (Å²) in [7, 11) is 0. The SMILES string of the molecule is C=C[C@@H]1CN(C(=O)OCc2ccccc2)C[C@H]1O.C=C[C@@H]1CN(C(=O)OCc2ccccc2)C[C@H]1O.C=C[C@H]1CN(C(=O)OCc2ccccc2)C[C@@H]1O.C=C[C@H]1CN(C(=O)OCc2ccccc2)C[C@@H]1O. The average molecular weight is 989 g/mol.